The number of carbonyl (C=O) groups excluding carboxylic acids is 1. The summed E-state index contributed by atoms with van der Waals surface area (Å²) in [6, 6.07) is 5.16. The first-order chi connectivity index (χ1) is 16.8. The third kappa shape index (κ3) is 4.51. The molecule has 0 radical (unpaired) electrons. The van der Waals surface area contributed by atoms with Gasteiger partial charge in [-0.15, -0.1) is 0 Å². The molecule has 1 fully saturated rings. The van der Waals surface area contributed by atoms with Crippen LogP contribution in [0.1, 0.15) is 48.9 Å². The van der Waals surface area contributed by atoms with Crippen molar-refractivity contribution in [2.75, 3.05) is 6.54 Å². The number of carboxylic acid groups (broad SMARTS) is 1. The van der Waals surface area contributed by atoms with Crippen LogP contribution in [0.3, 0.4) is 0 Å². The number of aromatic nitrogens is 2. The summed E-state index contributed by atoms with van der Waals surface area (Å²) in [5.41, 5.74) is 2.47. The van der Waals surface area contributed by atoms with Gasteiger partial charge >= 0.3 is 5.97 Å². The first kappa shape index (κ1) is 23.4. The van der Waals surface area contributed by atoms with Crippen LogP contribution in [0, 0.1) is 29.3 Å². The first-order valence-electron chi connectivity index (χ1n) is 11.9. The molecule has 35 heavy (non-hydrogen) atoms. The lowest BCUT2D eigenvalue weighted by molar-refractivity contribution is -0.143. The summed E-state index contributed by atoms with van der Waals surface area (Å²) in [6.45, 7) is 0.831. The maximum Gasteiger partial charge on any atom is 0.306 e. The second kappa shape index (κ2) is 9.36. The van der Waals surface area contributed by atoms with Crippen molar-refractivity contribution >= 4 is 22.9 Å². The molecule has 1 saturated carbocycles. The number of benzene rings is 1. The van der Waals surface area contributed by atoms with Crippen LogP contribution in [-0.2, 0) is 29.1 Å². The van der Waals surface area contributed by atoms with Crippen LogP contribution in [-0.4, -0.2) is 38.0 Å². The van der Waals surface area contributed by atoms with E-state index in [1.807, 2.05) is 12.1 Å². The molecule has 1 N–H and O–H groups in total. The summed E-state index contributed by atoms with van der Waals surface area (Å²) in [4.78, 5) is 30.6. The van der Waals surface area contributed by atoms with Crippen molar-refractivity contribution in [3.63, 3.8) is 0 Å². The molecule has 3 heterocycles. The van der Waals surface area contributed by atoms with Crippen molar-refractivity contribution < 1.29 is 27.9 Å². The number of nitrogens with zero attached hydrogens (tertiary/aromatic N) is 3. The standard InChI is InChI=1S/C26H26F3N3O3/c27-20-12-22(29)21(28)11-17(20)13-32-23-14-31(9-7-18(23)19-2-1-8-30-25(19)32)24(33)10-15-3-5-16(6-4-15)26(34)35/h1-2,8,11-12,15-16H,3-7,9-10,13-14H2,(H,34,35). The van der Waals surface area contributed by atoms with Crippen LogP contribution in [0.15, 0.2) is 30.5 Å². The summed E-state index contributed by atoms with van der Waals surface area (Å²) >= 11 is 0. The van der Waals surface area contributed by atoms with Crippen molar-refractivity contribution in [1.82, 2.24) is 14.5 Å². The van der Waals surface area contributed by atoms with E-state index in [4.69, 9.17) is 0 Å². The van der Waals surface area contributed by atoms with Crippen LogP contribution >= 0.6 is 0 Å². The molecule has 0 atom stereocenters. The molecule has 0 spiro atoms. The fourth-order valence-electron chi connectivity index (χ4n) is 5.49. The van der Waals surface area contributed by atoms with Gasteiger partial charge in [0, 0.05) is 41.9 Å². The fraction of sp³-hybridized carbons (Fsp3) is 0.423. The number of aliphatic carboxylic acids is 1. The van der Waals surface area contributed by atoms with Gasteiger partial charge in [0.2, 0.25) is 5.91 Å². The first-order valence-corrected chi connectivity index (χ1v) is 11.9. The number of carboxylic acids is 1. The number of pyridine rings is 1. The molecule has 5 rings (SSSR count). The van der Waals surface area contributed by atoms with E-state index in [0.29, 0.717) is 50.5 Å². The summed E-state index contributed by atoms with van der Waals surface area (Å²) in [6.07, 6.45) is 5.25. The van der Waals surface area contributed by atoms with Gasteiger partial charge in [-0.1, -0.05) is 0 Å². The Bertz CT molecular complexity index is 1300. The Balaban J connectivity index is 1.39. The minimum Gasteiger partial charge on any atom is -0.481 e. The van der Waals surface area contributed by atoms with Gasteiger partial charge in [0.05, 0.1) is 19.0 Å². The minimum atomic E-state index is -1.24. The number of halogens is 3. The lowest BCUT2D eigenvalue weighted by Gasteiger charge is -2.31. The average Bonchev–Trinajstić information content (AvgIpc) is 3.16. The summed E-state index contributed by atoms with van der Waals surface area (Å²) in [5, 5.41) is 10.1. The molecule has 1 aliphatic carbocycles. The number of fused-ring (bicyclic) bond motifs is 3. The lowest BCUT2D eigenvalue weighted by atomic mass is 9.80. The molecule has 2 aromatic heterocycles. The molecule has 1 aliphatic heterocycles. The van der Waals surface area contributed by atoms with Crippen molar-refractivity contribution in [2.45, 2.75) is 51.6 Å². The van der Waals surface area contributed by atoms with E-state index in [-0.39, 0.29) is 29.9 Å². The second-order valence-electron chi connectivity index (χ2n) is 9.57. The zero-order valence-electron chi connectivity index (χ0n) is 19.1. The van der Waals surface area contributed by atoms with E-state index in [1.165, 1.54) is 0 Å². The Kier molecular flexibility index (Phi) is 6.25. The number of hydrogen-bond donors (Lipinski definition) is 1. The number of rotatable bonds is 5. The van der Waals surface area contributed by atoms with Crippen LogP contribution in [0.4, 0.5) is 13.2 Å². The smallest absolute Gasteiger partial charge is 0.306 e. The van der Waals surface area contributed by atoms with Crippen LogP contribution in [0.25, 0.3) is 11.0 Å². The summed E-state index contributed by atoms with van der Waals surface area (Å²) in [7, 11) is 0. The maximum absolute atomic E-state index is 14.5. The quantitative estimate of drug-likeness (QED) is 0.533. The third-order valence-corrected chi connectivity index (χ3v) is 7.44. The van der Waals surface area contributed by atoms with E-state index in [9.17, 15) is 27.9 Å². The van der Waals surface area contributed by atoms with Crippen molar-refractivity contribution in [2.24, 2.45) is 11.8 Å². The van der Waals surface area contributed by atoms with Crippen molar-refractivity contribution in [3.05, 3.63) is 64.7 Å². The largest absolute Gasteiger partial charge is 0.481 e. The van der Waals surface area contributed by atoms with Gasteiger partial charge in [-0.25, -0.2) is 18.2 Å². The van der Waals surface area contributed by atoms with E-state index in [2.05, 4.69) is 4.98 Å². The molecule has 184 valence electrons. The molecule has 6 nitrogen and oxygen atoms in total. The van der Waals surface area contributed by atoms with Gasteiger partial charge in [-0.2, -0.15) is 0 Å². The zero-order chi connectivity index (χ0) is 24.7. The molecule has 2 aliphatic rings. The van der Waals surface area contributed by atoms with Gasteiger partial charge in [0.1, 0.15) is 11.5 Å². The predicted octanol–water partition coefficient (Wildman–Crippen LogP) is 4.67. The SMILES string of the molecule is O=C(O)C1CCC(CC(=O)N2CCc3c(n(Cc4cc(F)c(F)cc4F)c4ncccc34)C2)CC1. The highest BCUT2D eigenvalue weighted by molar-refractivity contribution is 5.84. The monoisotopic (exact) mass is 485 g/mol. The highest BCUT2D eigenvalue weighted by atomic mass is 19.2. The fourth-order valence-corrected chi connectivity index (χ4v) is 5.49. The van der Waals surface area contributed by atoms with Gasteiger partial charge < -0.3 is 14.6 Å². The highest BCUT2D eigenvalue weighted by Crippen LogP contribution is 2.34. The Hall–Kier alpha value is -3.36. The molecular formula is C26H26F3N3O3. The Morgan fingerprint density at radius 3 is 2.54 bits per heavy atom. The number of hydrogen-bond acceptors (Lipinski definition) is 3. The van der Waals surface area contributed by atoms with Gasteiger partial charge in [-0.3, -0.25) is 9.59 Å². The van der Waals surface area contributed by atoms with E-state index < -0.39 is 23.4 Å². The van der Waals surface area contributed by atoms with Crippen LogP contribution < -0.4 is 0 Å². The third-order valence-electron chi connectivity index (χ3n) is 7.44. The maximum atomic E-state index is 14.5. The highest BCUT2D eigenvalue weighted by Gasteiger charge is 2.31. The Morgan fingerprint density at radius 2 is 1.80 bits per heavy atom. The van der Waals surface area contributed by atoms with E-state index >= 15 is 0 Å². The normalized spacial score (nSPS) is 20.1. The molecule has 3 aromatic rings. The van der Waals surface area contributed by atoms with Crippen molar-refractivity contribution in [3.8, 4) is 0 Å². The van der Waals surface area contributed by atoms with Gasteiger partial charge in [0.25, 0.3) is 0 Å². The number of carbonyl (C=O) groups is 2. The second-order valence-corrected chi connectivity index (χ2v) is 9.57. The number of amides is 1. The minimum absolute atomic E-state index is 0.00731. The summed E-state index contributed by atoms with van der Waals surface area (Å²) in [5.74, 6) is -4.10. The predicted molar refractivity (Wildman–Crippen MR) is 122 cm³/mol. The summed E-state index contributed by atoms with van der Waals surface area (Å²) < 4.78 is 43.5. The zero-order valence-corrected chi connectivity index (χ0v) is 19.1. The molecule has 1 aromatic carbocycles. The Morgan fingerprint density at radius 1 is 1.06 bits per heavy atom. The van der Waals surface area contributed by atoms with Crippen molar-refractivity contribution in [1.29, 1.82) is 0 Å². The van der Waals surface area contributed by atoms with Crippen LogP contribution in [0.2, 0.25) is 0 Å². The molecule has 0 unspecified atom stereocenters. The molecule has 0 saturated heterocycles. The molecule has 9 heteroatoms. The van der Waals surface area contributed by atoms with E-state index in [0.717, 1.165) is 35.6 Å². The Labute approximate surface area is 200 Å². The molecular weight excluding hydrogens is 459 g/mol. The molecule has 1 amide bonds. The van der Waals surface area contributed by atoms with Crippen LogP contribution in [0.5, 0.6) is 0 Å². The average molecular weight is 486 g/mol. The lowest BCUT2D eigenvalue weighted by Crippen LogP contribution is -2.38. The van der Waals surface area contributed by atoms with E-state index in [1.54, 1.807) is 15.7 Å². The van der Waals surface area contributed by atoms with Gasteiger partial charge in [0.15, 0.2) is 11.6 Å². The van der Waals surface area contributed by atoms with Gasteiger partial charge in [-0.05, 0) is 61.8 Å². The molecule has 0 bridgehead atoms. The topological polar surface area (TPSA) is 75.4 Å².